The van der Waals surface area contributed by atoms with Crippen molar-refractivity contribution in [3.05, 3.63) is 35.9 Å². The number of nitrogens with zero attached hydrogens (tertiary/aromatic N) is 2. The predicted octanol–water partition coefficient (Wildman–Crippen LogP) is 0.433. The van der Waals surface area contributed by atoms with Gasteiger partial charge >= 0.3 is 0 Å². The van der Waals surface area contributed by atoms with Gasteiger partial charge in [0.15, 0.2) is 0 Å². The van der Waals surface area contributed by atoms with Crippen LogP contribution in [0.4, 0.5) is 0 Å². The Morgan fingerprint density at radius 1 is 1.29 bits per heavy atom. The van der Waals surface area contributed by atoms with Crippen molar-refractivity contribution in [1.29, 1.82) is 0 Å². The van der Waals surface area contributed by atoms with E-state index >= 15 is 0 Å². The van der Waals surface area contributed by atoms with Crippen LogP contribution in [-0.4, -0.2) is 60.9 Å². The normalized spacial score (nSPS) is 25.8. The van der Waals surface area contributed by atoms with E-state index in [1.54, 1.807) is 11.9 Å². The number of hydrogen-bond acceptors (Lipinski definition) is 3. The highest BCUT2D eigenvalue weighted by molar-refractivity contribution is 5.82. The molecule has 1 heterocycles. The summed E-state index contributed by atoms with van der Waals surface area (Å²) in [5.41, 5.74) is 1.29. The quantitative estimate of drug-likeness (QED) is 0.874. The maximum atomic E-state index is 12.0. The molecule has 3 rings (SSSR count). The summed E-state index contributed by atoms with van der Waals surface area (Å²) in [5, 5.41) is 3.07. The van der Waals surface area contributed by atoms with Crippen molar-refractivity contribution in [2.75, 3.05) is 33.2 Å². The van der Waals surface area contributed by atoms with Crippen molar-refractivity contribution in [1.82, 2.24) is 15.1 Å². The van der Waals surface area contributed by atoms with Crippen LogP contribution < -0.4 is 5.32 Å². The number of carbonyl (C=O) groups excluding carboxylic acids is 2. The number of likely N-dealkylation sites (N-methyl/N-ethyl adjacent to an activating group) is 1. The van der Waals surface area contributed by atoms with Crippen molar-refractivity contribution < 1.29 is 9.59 Å². The van der Waals surface area contributed by atoms with Crippen LogP contribution in [-0.2, 0) is 9.59 Å². The number of piperazine rings is 1. The first kappa shape index (κ1) is 14.1. The molecule has 2 fully saturated rings. The van der Waals surface area contributed by atoms with Crippen LogP contribution in [0.15, 0.2) is 30.3 Å². The molecule has 1 saturated heterocycles. The second-order valence-corrected chi connectivity index (χ2v) is 5.95. The molecule has 0 radical (unpaired) electrons. The second-order valence-electron chi connectivity index (χ2n) is 5.95. The summed E-state index contributed by atoms with van der Waals surface area (Å²) >= 11 is 0. The third-order valence-corrected chi connectivity index (χ3v) is 4.27. The Hall–Kier alpha value is -1.88. The van der Waals surface area contributed by atoms with Crippen LogP contribution >= 0.6 is 0 Å². The van der Waals surface area contributed by atoms with Crippen molar-refractivity contribution >= 4 is 11.8 Å². The van der Waals surface area contributed by atoms with Gasteiger partial charge in [0.05, 0.1) is 13.1 Å². The standard InChI is InChI=1S/C16H21N3O2/c1-18-7-8-19(11-16(18)21)10-15(20)17-14-9-13(14)12-5-3-2-4-6-12/h2-6,13-14H,7-11H2,1H3,(H,17,20)/t13-,14+/m0/s1. The van der Waals surface area contributed by atoms with E-state index in [0.717, 1.165) is 13.0 Å². The van der Waals surface area contributed by atoms with Gasteiger partial charge in [-0.05, 0) is 12.0 Å². The largest absolute Gasteiger partial charge is 0.352 e. The molecule has 0 unspecified atom stereocenters. The van der Waals surface area contributed by atoms with E-state index in [-0.39, 0.29) is 17.9 Å². The molecule has 1 aromatic rings. The average molecular weight is 287 g/mol. The molecular weight excluding hydrogens is 266 g/mol. The zero-order valence-corrected chi connectivity index (χ0v) is 12.3. The molecule has 0 aromatic heterocycles. The molecule has 1 N–H and O–H groups in total. The van der Waals surface area contributed by atoms with Gasteiger partial charge in [0, 0.05) is 32.1 Å². The highest BCUT2D eigenvalue weighted by atomic mass is 16.2. The first-order valence-electron chi connectivity index (χ1n) is 7.44. The number of benzene rings is 1. The molecule has 5 nitrogen and oxygen atoms in total. The number of hydrogen-bond donors (Lipinski definition) is 1. The van der Waals surface area contributed by atoms with Gasteiger partial charge in [0.25, 0.3) is 0 Å². The molecule has 1 saturated carbocycles. The summed E-state index contributed by atoms with van der Waals surface area (Å²) in [7, 11) is 1.80. The zero-order valence-electron chi connectivity index (χ0n) is 12.3. The van der Waals surface area contributed by atoms with Crippen LogP contribution in [0, 0.1) is 0 Å². The summed E-state index contributed by atoms with van der Waals surface area (Å²) in [6.07, 6.45) is 1.01. The van der Waals surface area contributed by atoms with Gasteiger partial charge in [-0.1, -0.05) is 30.3 Å². The summed E-state index contributed by atoms with van der Waals surface area (Å²) in [4.78, 5) is 27.3. The highest BCUT2D eigenvalue weighted by Gasteiger charge is 2.39. The molecule has 1 aromatic carbocycles. The summed E-state index contributed by atoms with van der Waals surface area (Å²) in [6, 6.07) is 10.5. The molecular formula is C16H21N3O2. The Morgan fingerprint density at radius 3 is 2.76 bits per heavy atom. The van der Waals surface area contributed by atoms with E-state index in [4.69, 9.17) is 0 Å². The van der Waals surface area contributed by atoms with Crippen LogP contribution in [0.5, 0.6) is 0 Å². The number of amides is 2. The molecule has 1 aliphatic heterocycles. The maximum absolute atomic E-state index is 12.0. The van der Waals surface area contributed by atoms with Crippen LogP contribution in [0.25, 0.3) is 0 Å². The first-order valence-corrected chi connectivity index (χ1v) is 7.44. The fraction of sp³-hybridized carbons (Fsp3) is 0.500. The zero-order chi connectivity index (χ0) is 14.8. The van der Waals surface area contributed by atoms with E-state index in [1.165, 1.54) is 5.56 Å². The van der Waals surface area contributed by atoms with Crippen molar-refractivity contribution in [3.63, 3.8) is 0 Å². The minimum absolute atomic E-state index is 0.0239. The van der Waals surface area contributed by atoms with Gasteiger partial charge < -0.3 is 10.2 Å². The third kappa shape index (κ3) is 3.42. The van der Waals surface area contributed by atoms with Gasteiger partial charge in [-0.25, -0.2) is 0 Å². The molecule has 112 valence electrons. The number of rotatable bonds is 4. The molecule has 21 heavy (non-hydrogen) atoms. The molecule has 2 aliphatic rings. The molecule has 2 atom stereocenters. The van der Waals surface area contributed by atoms with Crippen LogP contribution in [0.3, 0.4) is 0 Å². The van der Waals surface area contributed by atoms with Crippen molar-refractivity contribution in [2.45, 2.75) is 18.4 Å². The Kier molecular flexibility index (Phi) is 3.92. The number of nitrogens with one attached hydrogen (secondary N) is 1. The summed E-state index contributed by atoms with van der Waals surface area (Å²) < 4.78 is 0. The van der Waals surface area contributed by atoms with Crippen molar-refractivity contribution in [2.24, 2.45) is 0 Å². The molecule has 5 heteroatoms. The van der Waals surface area contributed by atoms with Crippen molar-refractivity contribution in [3.8, 4) is 0 Å². The number of carbonyl (C=O) groups is 2. The van der Waals surface area contributed by atoms with Gasteiger partial charge in [-0.3, -0.25) is 14.5 Å². The van der Waals surface area contributed by atoms with Gasteiger partial charge in [-0.2, -0.15) is 0 Å². The van der Waals surface area contributed by atoms with E-state index in [0.29, 0.717) is 25.6 Å². The summed E-state index contributed by atoms with van der Waals surface area (Å²) in [6.45, 7) is 2.12. The third-order valence-electron chi connectivity index (χ3n) is 4.27. The second kappa shape index (κ2) is 5.85. The van der Waals surface area contributed by atoms with E-state index in [2.05, 4.69) is 17.4 Å². The minimum atomic E-state index is 0.0239. The lowest BCUT2D eigenvalue weighted by Gasteiger charge is -2.31. The molecule has 1 aliphatic carbocycles. The Labute approximate surface area is 124 Å². The van der Waals surface area contributed by atoms with Gasteiger partial charge in [0.2, 0.25) is 11.8 Å². The Morgan fingerprint density at radius 2 is 2.05 bits per heavy atom. The smallest absolute Gasteiger partial charge is 0.236 e. The lowest BCUT2D eigenvalue weighted by molar-refractivity contribution is -0.135. The monoisotopic (exact) mass is 287 g/mol. The van der Waals surface area contributed by atoms with E-state index < -0.39 is 0 Å². The average Bonchev–Trinajstić information content (AvgIpc) is 3.23. The molecule has 0 spiro atoms. The minimum Gasteiger partial charge on any atom is -0.352 e. The van der Waals surface area contributed by atoms with Gasteiger partial charge in [-0.15, -0.1) is 0 Å². The predicted molar refractivity (Wildman–Crippen MR) is 79.8 cm³/mol. The van der Waals surface area contributed by atoms with Crippen LogP contribution in [0.2, 0.25) is 0 Å². The summed E-state index contributed by atoms with van der Waals surface area (Å²) in [5.74, 6) is 0.558. The van der Waals surface area contributed by atoms with E-state index in [9.17, 15) is 9.59 Å². The van der Waals surface area contributed by atoms with Crippen LogP contribution in [0.1, 0.15) is 17.9 Å². The van der Waals surface area contributed by atoms with E-state index in [1.807, 2.05) is 23.1 Å². The molecule has 2 amide bonds. The lowest BCUT2D eigenvalue weighted by Crippen LogP contribution is -2.51. The fourth-order valence-corrected chi connectivity index (χ4v) is 2.82. The lowest BCUT2D eigenvalue weighted by atomic mass is 10.1. The fourth-order valence-electron chi connectivity index (χ4n) is 2.82. The SMILES string of the molecule is CN1CCN(CC(=O)N[C@@H]2C[C@H]2c2ccccc2)CC1=O. The molecule has 0 bridgehead atoms. The Balaban J connectivity index is 1.45. The van der Waals surface area contributed by atoms with Gasteiger partial charge in [0.1, 0.15) is 0 Å². The maximum Gasteiger partial charge on any atom is 0.236 e. The topological polar surface area (TPSA) is 52.6 Å². The highest BCUT2D eigenvalue weighted by Crippen LogP contribution is 2.40. The first-order chi connectivity index (χ1) is 10.1. The Bertz CT molecular complexity index is 532.